The lowest BCUT2D eigenvalue weighted by Gasteiger charge is -2.34. The normalized spacial score (nSPS) is 17.2. The molecule has 3 aromatic rings. The van der Waals surface area contributed by atoms with Gasteiger partial charge in [-0.3, -0.25) is 4.79 Å². The minimum absolute atomic E-state index is 0.00514. The number of likely N-dealkylation sites (tertiary alicyclic amines) is 1. The summed E-state index contributed by atoms with van der Waals surface area (Å²) < 4.78 is 7.25. The highest BCUT2D eigenvalue weighted by Crippen LogP contribution is 2.32. The number of nitrogens with zero attached hydrogens (tertiary/aromatic N) is 6. The van der Waals surface area contributed by atoms with E-state index in [4.69, 9.17) is 4.74 Å². The third-order valence-electron chi connectivity index (χ3n) is 4.37. The number of rotatable bonds is 5. The Morgan fingerprint density at radius 2 is 2.15 bits per heavy atom. The lowest BCUT2D eigenvalue weighted by Crippen LogP contribution is -2.41. The Morgan fingerprint density at radius 3 is 2.88 bits per heavy atom. The third-order valence-corrected chi connectivity index (χ3v) is 5.25. The lowest BCUT2D eigenvalue weighted by molar-refractivity contribution is -0.137. The topological polar surface area (TPSA) is 86.0 Å². The molecule has 1 fully saturated rings. The standard InChI is InChI=1S/C17H18N6O2S/c24-16(22-9-2-1-3-15(22)17-18-8-10-26-17)11-25-14-6-4-13(5-7-14)23-12-19-20-21-23/h4-8,10,12,15H,1-3,9,11H2. The minimum atomic E-state index is -0.00514. The van der Waals surface area contributed by atoms with E-state index in [9.17, 15) is 4.79 Å². The van der Waals surface area contributed by atoms with Crippen molar-refractivity contribution in [3.63, 3.8) is 0 Å². The van der Waals surface area contributed by atoms with Crippen LogP contribution in [-0.2, 0) is 4.79 Å². The van der Waals surface area contributed by atoms with E-state index in [1.807, 2.05) is 22.4 Å². The van der Waals surface area contributed by atoms with Crippen molar-refractivity contribution in [2.45, 2.75) is 25.3 Å². The van der Waals surface area contributed by atoms with E-state index in [0.717, 1.165) is 36.5 Å². The summed E-state index contributed by atoms with van der Waals surface area (Å²) in [5.41, 5.74) is 0.827. The van der Waals surface area contributed by atoms with E-state index in [0.29, 0.717) is 5.75 Å². The summed E-state index contributed by atoms with van der Waals surface area (Å²) in [5, 5.41) is 14.0. The Kier molecular flexibility index (Phi) is 4.87. The summed E-state index contributed by atoms with van der Waals surface area (Å²) in [6.45, 7) is 0.775. The zero-order chi connectivity index (χ0) is 17.8. The average Bonchev–Trinajstić information content (AvgIpc) is 3.40. The number of ether oxygens (including phenoxy) is 1. The number of benzene rings is 1. The van der Waals surface area contributed by atoms with Crippen LogP contribution < -0.4 is 4.74 Å². The molecule has 1 aromatic carbocycles. The van der Waals surface area contributed by atoms with Crippen molar-refractivity contribution in [2.24, 2.45) is 0 Å². The molecular formula is C17H18N6O2S. The van der Waals surface area contributed by atoms with E-state index in [1.165, 1.54) is 6.33 Å². The fourth-order valence-corrected chi connectivity index (χ4v) is 3.87. The molecule has 0 aliphatic carbocycles. The van der Waals surface area contributed by atoms with Crippen LogP contribution >= 0.6 is 11.3 Å². The van der Waals surface area contributed by atoms with Crippen LogP contribution in [0.4, 0.5) is 0 Å². The summed E-state index contributed by atoms with van der Waals surface area (Å²) >= 11 is 1.60. The number of carbonyl (C=O) groups excluding carboxylic acids is 1. The monoisotopic (exact) mass is 370 g/mol. The Hall–Kier alpha value is -2.81. The maximum absolute atomic E-state index is 12.7. The molecule has 2 aromatic heterocycles. The highest BCUT2D eigenvalue weighted by Gasteiger charge is 2.29. The van der Waals surface area contributed by atoms with Gasteiger partial charge in [0.25, 0.3) is 5.91 Å². The van der Waals surface area contributed by atoms with Crippen LogP contribution in [0.25, 0.3) is 5.69 Å². The van der Waals surface area contributed by atoms with Gasteiger partial charge in [-0.15, -0.1) is 16.4 Å². The summed E-state index contributed by atoms with van der Waals surface area (Å²) in [5.74, 6) is 0.632. The van der Waals surface area contributed by atoms with Gasteiger partial charge in [0, 0.05) is 18.1 Å². The van der Waals surface area contributed by atoms with E-state index < -0.39 is 0 Å². The van der Waals surface area contributed by atoms with Gasteiger partial charge in [0.05, 0.1) is 11.7 Å². The van der Waals surface area contributed by atoms with E-state index in [-0.39, 0.29) is 18.6 Å². The molecule has 0 saturated carbocycles. The molecule has 1 atom stereocenters. The zero-order valence-corrected chi connectivity index (χ0v) is 14.9. The van der Waals surface area contributed by atoms with Crippen LogP contribution in [0.2, 0.25) is 0 Å². The largest absolute Gasteiger partial charge is 0.484 e. The van der Waals surface area contributed by atoms with Gasteiger partial charge in [-0.2, -0.15) is 0 Å². The van der Waals surface area contributed by atoms with E-state index in [2.05, 4.69) is 20.5 Å². The van der Waals surface area contributed by atoms with Crippen molar-refractivity contribution in [2.75, 3.05) is 13.2 Å². The van der Waals surface area contributed by atoms with Gasteiger partial charge in [0.2, 0.25) is 0 Å². The number of hydrogen-bond donors (Lipinski definition) is 0. The molecular weight excluding hydrogens is 352 g/mol. The Bertz CT molecular complexity index is 835. The van der Waals surface area contributed by atoms with Crippen LogP contribution in [0, 0.1) is 0 Å². The summed E-state index contributed by atoms with van der Waals surface area (Å²) in [6, 6.07) is 7.37. The van der Waals surface area contributed by atoms with Crippen LogP contribution in [0.5, 0.6) is 5.75 Å². The molecule has 1 aliphatic rings. The van der Waals surface area contributed by atoms with Gasteiger partial charge < -0.3 is 9.64 Å². The van der Waals surface area contributed by atoms with Crippen LogP contribution in [0.3, 0.4) is 0 Å². The van der Waals surface area contributed by atoms with Gasteiger partial charge >= 0.3 is 0 Å². The van der Waals surface area contributed by atoms with Crippen molar-refractivity contribution < 1.29 is 9.53 Å². The second kappa shape index (κ2) is 7.61. The maximum Gasteiger partial charge on any atom is 0.261 e. The van der Waals surface area contributed by atoms with Gasteiger partial charge in [0.15, 0.2) is 6.61 Å². The van der Waals surface area contributed by atoms with Crippen LogP contribution in [0.15, 0.2) is 42.2 Å². The molecule has 9 heteroatoms. The molecule has 1 aliphatic heterocycles. The van der Waals surface area contributed by atoms with Crippen molar-refractivity contribution in [3.8, 4) is 11.4 Å². The summed E-state index contributed by atoms with van der Waals surface area (Å²) in [6.07, 6.45) is 6.41. The molecule has 0 N–H and O–H groups in total. The number of amides is 1. The lowest BCUT2D eigenvalue weighted by atomic mass is 10.0. The molecule has 1 unspecified atom stereocenters. The Morgan fingerprint density at radius 1 is 1.27 bits per heavy atom. The number of thiazole rings is 1. The smallest absolute Gasteiger partial charge is 0.261 e. The number of hydrogen-bond acceptors (Lipinski definition) is 7. The molecule has 0 bridgehead atoms. The number of tetrazole rings is 1. The number of aromatic nitrogens is 5. The molecule has 1 amide bonds. The SMILES string of the molecule is O=C(COc1ccc(-n2cnnn2)cc1)N1CCCCC1c1nccs1. The van der Waals surface area contributed by atoms with E-state index in [1.54, 1.807) is 34.3 Å². The highest BCUT2D eigenvalue weighted by atomic mass is 32.1. The first-order chi connectivity index (χ1) is 12.8. The van der Waals surface area contributed by atoms with Crippen molar-refractivity contribution in [1.82, 2.24) is 30.1 Å². The molecule has 134 valence electrons. The predicted octanol–water partition coefficient (Wildman–Crippen LogP) is 2.25. The number of piperidine rings is 1. The zero-order valence-electron chi connectivity index (χ0n) is 14.1. The molecule has 3 heterocycles. The molecule has 0 radical (unpaired) electrons. The highest BCUT2D eigenvalue weighted by molar-refractivity contribution is 7.09. The Labute approximate surface area is 154 Å². The maximum atomic E-state index is 12.7. The second-order valence-corrected chi connectivity index (χ2v) is 6.93. The van der Waals surface area contributed by atoms with Gasteiger partial charge in [-0.05, 0) is 54.0 Å². The van der Waals surface area contributed by atoms with Gasteiger partial charge in [-0.25, -0.2) is 9.67 Å². The van der Waals surface area contributed by atoms with E-state index >= 15 is 0 Å². The fraction of sp³-hybridized carbons (Fsp3) is 0.353. The minimum Gasteiger partial charge on any atom is -0.484 e. The first-order valence-electron chi connectivity index (χ1n) is 8.46. The van der Waals surface area contributed by atoms with Gasteiger partial charge in [-0.1, -0.05) is 0 Å². The van der Waals surface area contributed by atoms with Crippen LogP contribution in [0.1, 0.15) is 30.3 Å². The molecule has 4 rings (SSSR count). The molecule has 0 spiro atoms. The van der Waals surface area contributed by atoms with Gasteiger partial charge in [0.1, 0.15) is 17.1 Å². The first kappa shape index (κ1) is 16.6. The molecule has 8 nitrogen and oxygen atoms in total. The van der Waals surface area contributed by atoms with Crippen LogP contribution in [-0.4, -0.2) is 49.1 Å². The molecule has 1 saturated heterocycles. The Balaban J connectivity index is 1.38. The predicted molar refractivity (Wildman–Crippen MR) is 95.1 cm³/mol. The third kappa shape index (κ3) is 3.57. The fourth-order valence-electron chi connectivity index (χ4n) is 3.09. The van der Waals surface area contributed by atoms with Crippen molar-refractivity contribution >= 4 is 17.2 Å². The average molecular weight is 370 g/mol. The van der Waals surface area contributed by atoms with Crippen molar-refractivity contribution in [3.05, 3.63) is 47.2 Å². The second-order valence-electron chi connectivity index (χ2n) is 6.01. The number of carbonyl (C=O) groups is 1. The summed E-state index contributed by atoms with van der Waals surface area (Å²) in [4.78, 5) is 19.0. The summed E-state index contributed by atoms with van der Waals surface area (Å²) in [7, 11) is 0. The quantitative estimate of drug-likeness (QED) is 0.685. The van der Waals surface area contributed by atoms with Crippen molar-refractivity contribution in [1.29, 1.82) is 0 Å². The molecule has 26 heavy (non-hydrogen) atoms. The first-order valence-corrected chi connectivity index (χ1v) is 9.34.